The average molecular weight is 340 g/mol. The van der Waals surface area contributed by atoms with Crippen LogP contribution in [-0.4, -0.2) is 16.9 Å². The zero-order valence-electron chi connectivity index (χ0n) is 14.6. The molecule has 0 saturated heterocycles. The van der Waals surface area contributed by atoms with Crippen LogP contribution in [0.2, 0.25) is 0 Å². The summed E-state index contributed by atoms with van der Waals surface area (Å²) in [5, 5.41) is 7.14. The summed E-state index contributed by atoms with van der Waals surface area (Å²) in [7, 11) is 0. The smallest absolute Gasteiger partial charge is 0.206 e. The van der Waals surface area contributed by atoms with Crippen molar-refractivity contribution in [1.29, 1.82) is 0 Å². The second kappa shape index (κ2) is 7.75. The number of aryl methyl sites for hydroxylation is 1. The van der Waals surface area contributed by atoms with Gasteiger partial charge in [-0.3, -0.25) is 4.99 Å². The van der Waals surface area contributed by atoms with Crippen molar-refractivity contribution in [3.63, 3.8) is 0 Å². The molecule has 0 spiro atoms. The molecule has 0 amide bonds. The highest BCUT2D eigenvalue weighted by Gasteiger charge is 2.11. The molecule has 0 unspecified atom stereocenters. The van der Waals surface area contributed by atoms with Crippen LogP contribution in [0.3, 0.4) is 0 Å². The van der Waals surface area contributed by atoms with Gasteiger partial charge in [-0.05, 0) is 39.5 Å². The molecule has 1 saturated carbocycles. The largest absolute Gasteiger partial charge is 0.253 e. The normalized spacial score (nSPS) is 15.6. The van der Waals surface area contributed by atoms with Crippen LogP contribution in [0.5, 0.6) is 0 Å². The lowest BCUT2D eigenvalue weighted by atomic mass is 9.99. The fraction of sp³-hybridized carbons (Fsp3) is 0.400. The van der Waals surface area contributed by atoms with Crippen LogP contribution >= 0.6 is 11.3 Å². The van der Waals surface area contributed by atoms with Crippen molar-refractivity contribution in [2.75, 3.05) is 6.54 Å². The van der Waals surface area contributed by atoms with E-state index in [2.05, 4.69) is 43.1 Å². The van der Waals surface area contributed by atoms with E-state index in [1.54, 1.807) is 11.3 Å². The molecule has 1 heterocycles. The molecule has 24 heavy (non-hydrogen) atoms. The van der Waals surface area contributed by atoms with Gasteiger partial charge in [0.2, 0.25) is 4.80 Å². The minimum Gasteiger partial charge on any atom is -0.253 e. The first kappa shape index (κ1) is 16.9. The molecule has 1 aliphatic rings. The summed E-state index contributed by atoms with van der Waals surface area (Å²) in [6.45, 7) is 8.73. The Morgan fingerprint density at radius 3 is 2.54 bits per heavy atom. The van der Waals surface area contributed by atoms with Crippen molar-refractivity contribution in [1.82, 2.24) is 4.68 Å². The average Bonchev–Trinajstić information content (AvgIpc) is 2.97. The first-order valence-electron chi connectivity index (χ1n) is 8.62. The maximum atomic E-state index is 4.98. The standard InChI is InChI=1S/C20H25N3S/c1-15(2)13-21-20-23(22-18-7-5-4-6-8-18)19(14-24-20)17-11-9-16(3)10-12-17/h9-12,14H,1,4-8,13H2,2-3H3. The fourth-order valence-corrected chi connectivity index (χ4v) is 3.66. The van der Waals surface area contributed by atoms with E-state index < -0.39 is 0 Å². The summed E-state index contributed by atoms with van der Waals surface area (Å²) in [6, 6.07) is 8.63. The van der Waals surface area contributed by atoms with E-state index in [0.717, 1.165) is 28.9 Å². The lowest BCUT2D eigenvalue weighted by Crippen LogP contribution is -2.16. The minimum absolute atomic E-state index is 0.651. The highest BCUT2D eigenvalue weighted by Crippen LogP contribution is 2.22. The lowest BCUT2D eigenvalue weighted by Gasteiger charge is -2.13. The van der Waals surface area contributed by atoms with Crippen molar-refractivity contribution < 1.29 is 0 Å². The van der Waals surface area contributed by atoms with Gasteiger partial charge in [0, 0.05) is 16.7 Å². The topological polar surface area (TPSA) is 29.6 Å². The molecule has 1 aromatic carbocycles. The second-order valence-corrected chi connectivity index (χ2v) is 7.42. The van der Waals surface area contributed by atoms with Crippen LogP contribution in [0.15, 0.2) is 51.9 Å². The summed E-state index contributed by atoms with van der Waals surface area (Å²) in [5.41, 5.74) is 5.94. The summed E-state index contributed by atoms with van der Waals surface area (Å²) in [6.07, 6.45) is 6.04. The molecule has 0 aliphatic heterocycles. The number of rotatable bonds is 4. The van der Waals surface area contributed by atoms with Gasteiger partial charge in [0.1, 0.15) is 0 Å². The van der Waals surface area contributed by atoms with E-state index >= 15 is 0 Å². The summed E-state index contributed by atoms with van der Waals surface area (Å²) in [5.74, 6) is 0. The number of nitrogens with zero attached hydrogens (tertiary/aromatic N) is 3. The predicted octanol–water partition coefficient (Wildman–Crippen LogP) is 5.17. The van der Waals surface area contributed by atoms with E-state index in [1.165, 1.54) is 36.1 Å². The SMILES string of the molecule is C=C(C)CN=c1scc(-c2ccc(C)cc2)n1N=C1CCCCC1. The van der Waals surface area contributed by atoms with Gasteiger partial charge in [-0.2, -0.15) is 5.10 Å². The van der Waals surface area contributed by atoms with Crippen LogP contribution in [-0.2, 0) is 0 Å². The van der Waals surface area contributed by atoms with E-state index in [-0.39, 0.29) is 0 Å². The first-order chi connectivity index (χ1) is 11.6. The highest BCUT2D eigenvalue weighted by molar-refractivity contribution is 7.07. The van der Waals surface area contributed by atoms with Crippen molar-refractivity contribution in [3.8, 4) is 11.3 Å². The van der Waals surface area contributed by atoms with Crippen molar-refractivity contribution in [3.05, 3.63) is 52.2 Å². The molecule has 4 heteroatoms. The third-order valence-corrected chi connectivity index (χ3v) is 5.04. The van der Waals surface area contributed by atoms with Crippen molar-refractivity contribution in [2.24, 2.45) is 10.1 Å². The second-order valence-electron chi connectivity index (χ2n) is 6.58. The molecule has 126 valence electrons. The Balaban J connectivity index is 2.06. The van der Waals surface area contributed by atoms with Crippen LogP contribution in [0.4, 0.5) is 0 Å². The van der Waals surface area contributed by atoms with E-state index in [4.69, 9.17) is 10.1 Å². The van der Waals surface area contributed by atoms with E-state index in [1.807, 2.05) is 11.6 Å². The zero-order valence-corrected chi connectivity index (χ0v) is 15.4. The molecule has 3 rings (SSSR count). The van der Waals surface area contributed by atoms with Crippen molar-refractivity contribution in [2.45, 2.75) is 46.0 Å². The quantitative estimate of drug-likeness (QED) is 0.688. The number of thiazole rings is 1. The van der Waals surface area contributed by atoms with Gasteiger partial charge in [0.05, 0.1) is 12.2 Å². The molecule has 1 fully saturated rings. The Hall–Kier alpha value is -1.94. The van der Waals surface area contributed by atoms with Gasteiger partial charge in [-0.1, -0.05) is 48.4 Å². The number of hydrogen-bond donors (Lipinski definition) is 0. The highest BCUT2D eigenvalue weighted by atomic mass is 32.1. The van der Waals surface area contributed by atoms with E-state index in [9.17, 15) is 0 Å². The Morgan fingerprint density at radius 2 is 1.88 bits per heavy atom. The van der Waals surface area contributed by atoms with Gasteiger partial charge < -0.3 is 0 Å². The van der Waals surface area contributed by atoms with Gasteiger partial charge in [0.25, 0.3) is 0 Å². The van der Waals surface area contributed by atoms with Crippen LogP contribution < -0.4 is 4.80 Å². The molecule has 3 nitrogen and oxygen atoms in total. The molecule has 0 bridgehead atoms. The predicted molar refractivity (Wildman–Crippen MR) is 104 cm³/mol. The van der Waals surface area contributed by atoms with Crippen LogP contribution in [0.25, 0.3) is 11.3 Å². The van der Waals surface area contributed by atoms with Gasteiger partial charge >= 0.3 is 0 Å². The zero-order chi connectivity index (χ0) is 16.9. The Labute approximate surface area is 148 Å². The third-order valence-electron chi connectivity index (χ3n) is 4.19. The van der Waals surface area contributed by atoms with Crippen LogP contribution in [0, 0.1) is 6.92 Å². The Bertz CT molecular complexity index is 798. The van der Waals surface area contributed by atoms with Gasteiger partial charge in [-0.25, -0.2) is 4.68 Å². The summed E-state index contributed by atoms with van der Waals surface area (Å²) >= 11 is 1.65. The van der Waals surface area contributed by atoms with Crippen molar-refractivity contribution >= 4 is 17.0 Å². The van der Waals surface area contributed by atoms with Gasteiger partial charge in [-0.15, -0.1) is 11.3 Å². The molecule has 0 N–H and O–H groups in total. The summed E-state index contributed by atoms with van der Waals surface area (Å²) < 4.78 is 2.04. The molecule has 2 aromatic rings. The molecular weight excluding hydrogens is 314 g/mol. The Morgan fingerprint density at radius 1 is 1.17 bits per heavy atom. The number of aromatic nitrogens is 1. The molecule has 0 radical (unpaired) electrons. The molecular formula is C20H25N3S. The number of benzene rings is 1. The minimum atomic E-state index is 0.651. The van der Waals surface area contributed by atoms with Crippen LogP contribution in [0.1, 0.15) is 44.6 Å². The molecule has 1 aliphatic carbocycles. The summed E-state index contributed by atoms with van der Waals surface area (Å²) in [4.78, 5) is 5.66. The maximum Gasteiger partial charge on any atom is 0.206 e. The number of hydrogen-bond acceptors (Lipinski definition) is 3. The third kappa shape index (κ3) is 4.12. The molecule has 1 aromatic heterocycles. The molecule has 0 atom stereocenters. The van der Waals surface area contributed by atoms with E-state index in [0.29, 0.717) is 6.54 Å². The monoisotopic (exact) mass is 339 g/mol. The maximum absolute atomic E-state index is 4.98. The fourth-order valence-electron chi connectivity index (χ4n) is 2.83. The van der Waals surface area contributed by atoms with Gasteiger partial charge in [0.15, 0.2) is 0 Å². The first-order valence-corrected chi connectivity index (χ1v) is 9.50. The lowest BCUT2D eigenvalue weighted by molar-refractivity contribution is 0.655. The Kier molecular flexibility index (Phi) is 5.46.